The van der Waals surface area contributed by atoms with E-state index in [0.29, 0.717) is 11.3 Å². The van der Waals surface area contributed by atoms with Gasteiger partial charge < -0.3 is 14.2 Å². The molecule has 0 saturated heterocycles. The Balaban J connectivity index is 1.82. The highest BCUT2D eigenvalue weighted by molar-refractivity contribution is 7.92. The highest BCUT2D eigenvalue weighted by Gasteiger charge is 2.29. The van der Waals surface area contributed by atoms with Crippen LogP contribution in [0.15, 0.2) is 76.7 Å². The number of aryl methyl sites for hydroxylation is 1. The Kier molecular flexibility index (Phi) is 9.69. The average molecular weight is 560 g/mol. The van der Waals surface area contributed by atoms with Gasteiger partial charge in [0, 0.05) is 5.02 Å². The molecule has 0 unspecified atom stereocenters. The number of methoxy groups -OCH3 is 2. The van der Waals surface area contributed by atoms with E-state index in [4.69, 9.17) is 21.1 Å². The number of benzene rings is 3. The zero-order valence-corrected chi connectivity index (χ0v) is 22.5. The average Bonchev–Trinajstić information content (AvgIpc) is 2.90. The van der Waals surface area contributed by atoms with E-state index in [0.717, 1.165) is 9.87 Å². The van der Waals surface area contributed by atoms with Crippen LogP contribution in [0.3, 0.4) is 0 Å². The van der Waals surface area contributed by atoms with Crippen LogP contribution < -0.4 is 19.2 Å². The lowest BCUT2D eigenvalue weighted by atomic mass is 10.2. The molecule has 1 N–H and O–H groups in total. The van der Waals surface area contributed by atoms with Crippen LogP contribution in [0.25, 0.3) is 0 Å². The van der Waals surface area contributed by atoms with Crippen LogP contribution >= 0.6 is 11.6 Å². The lowest BCUT2D eigenvalue weighted by Crippen LogP contribution is -2.39. The number of rotatable bonds is 11. The van der Waals surface area contributed by atoms with Crippen LogP contribution in [0.5, 0.6) is 11.5 Å². The van der Waals surface area contributed by atoms with Crippen molar-refractivity contribution >= 4 is 45.4 Å². The van der Waals surface area contributed by atoms with Gasteiger partial charge in [-0.05, 0) is 55.0 Å². The zero-order valence-electron chi connectivity index (χ0n) is 20.9. The maximum atomic E-state index is 13.6. The second kappa shape index (κ2) is 12.9. The molecular weight excluding hydrogens is 534 g/mol. The van der Waals surface area contributed by atoms with E-state index in [-0.39, 0.29) is 28.0 Å². The zero-order chi connectivity index (χ0) is 27.7. The minimum Gasteiger partial charge on any atom is -0.495 e. The van der Waals surface area contributed by atoms with Gasteiger partial charge in [0.05, 0.1) is 31.0 Å². The van der Waals surface area contributed by atoms with Crippen LogP contribution in [0.1, 0.15) is 11.1 Å². The molecule has 38 heavy (non-hydrogen) atoms. The van der Waals surface area contributed by atoms with Crippen LogP contribution in [-0.4, -0.2) is 53.9 Å². The molecule has 0 bridgehead atoms. The molecule has 0 saturated carbocycles. The first-order valence-electron chi connectivity index (χ1n) is 11.2. The third-order valence-corrected chi connectivity index (χ3v) is 7.16. The number of halogens is 1. The van der Waals surface area contributed by atoms with Gasteiger partial charge in [-0.25, -0.2) is 18.6 Å². The number of hydrogen-bond acceptors (Lipinski definition) is 8. The molecule has 0 fully saturated rings. The number of carbonyl (C=O) groups is 2. The summed E-state index contributed by atoms with van der Waals surface area (Å²) < 4.78 is 43.3. The topological polar surface area (TPSA) is 124 Å². The summed E-state index contributed by atoms with van der Waals surface area (Å²) in [5, 5.41) is 4.18. The molecule has 0 aliphatic heterocycles. The molecule has 10 nitrogen and oxygen atoms in total. The Labute approximate surface area is 225 Å². The van der Waals surface area contributed by atoms with Gasteiger partial charge >= 0.3 is 5.97 Å². The normalized spacial score (nSPS) is 11.2. The van der Waals surface area contributed by atoms with Gasteiger partial charge in [0.1, 0.15) is 18.0 Å². The predicted molar refractivity (Wildman–Crippen MR) is 143 cm³/mol. The molecule has 0 aliphatic carbocycles. The lowest BCUT2D eigenvalue weighted by molar-refractivity contribution is -0.142. The fourth-order valence-corrected chi connectivity index (χ4v) is 4.82. The summed E-state index contributed by atoms with van der Waals surface area (Å²) in [6, 6.07) is 17.3. The summed E-state index contributed by atoms with van der Waals surface area (Å²) in [7, 11) is -1.54. The Morgan fingerprint density at radius 3 is 2.47 bits per heavy atom. The van der Waals surface area contributed by atoms with Crippen molar-refractivity contribution in [3.05, 3.63) is 82.9 Å². The monoisotopic (exact) mass is 559 g/mol. The molecule has 3 aromatic carbocycles. The molecule has 200 valence electrons. The third kappa shape index (κ3) is 7.46. The molecule has 0 aliphatic rings. The first-order chi connectivity index (χ1) is 18.1. The van der Waals surface area contributed by atoms with E-state index in [9.17, 15) is 18.0 Å². The highest BCUT2D eigenvalue weighted by Crippen LogP contribution is 2.34. The van der Waals surface area contributed by atoms with Crippen molar-refractivity contribution < 1.29 is 32.2 Å². The van der Waals surface area contributed by atoms with Gasteiger partial charge in [-0.3, -0.25) is 9.10 Å². The second-order valence-corrected chi connectivity index (χ2v) is 10.2. The molecule has 0 heterocycles. The SMILES string of the molecule is COC(=O)COc1cccc(C=NNC(=O)CN(c2cc(Cl)ccc2OC)S(=O)(=O)c2ccc(C)cc2)c1. The Hall–Kier alpha value is -4.09. The minimum absolute atomic E-state index is 0.00907. The summed E-state index contributed by atoms with van der Waals surface area (Å²) in [5.41, 5.74) is 3.86. The predicted octanol–water partition coefficient (Wildman–Crippen LogP) is 3.55. The highest BCUT2D eigenvalue weighted by atomic mass is 35.5. The Morgan fingerprint density at radius 2 is 1.79 bits per heavy atom. The number of anilines is 1. The first kappa shape index (κ1) is 28.5. The summed E-state index contributed by atoms with van der Waals surface area (Å²) in [4.78, 5) is 24.1. The van der Waals surface area contributed by atoms with Gasteiger partial charge in [0.25, 0.3) is 15.9 Å². The fourth-order valence-electron chi connectivity index (χ4n) is 3.23. The van der Waals surface area contributed by atoms with Crippen molar-refractivity contribution in [2.45, 2.75) is 11.8 Å². The van der Waals surface area contributed by atoms with Gasteiger partial charge in [-0.15, -0.1) is 0 Å². The van der Waals surface area contributed by atoms with Gasteiger partial charge in [0.2, 0.25) is 0 Å². The van der Waals surface area contributed by atoms with Crippen molar-refractivity contribution in [2.24, 2.45) is 5.10 Å². The number of esters is 1. The van der Waals surface area contributed by atoms with E-state index in [1.165, 1.54) is 44.7 Å². The second-order valence-electron chi connectivity index (χ2n) is 7.87. The smallest absolute Gasteiger partial charge is 0.343 e. The quantitative estimate of drug-likeness (QED) is 0.216. The number of nitrogens with one attached hydrogen (secondary N) is 1. The van der Waals surface area contributed by atoms with Crippen LogP contribution in [0.4, 0.5) is 5.69 Å². The molecule has 3 aromatic rings. The van der Waals surface area contributed by atoms with Crippen LogP contribution in [0, 0.1) is 6.92 Å². The van der Waals surface area contributed by atoms with Crippen molar-refractivity contribution in [3.63, 3.8) is 0 Å². The Morgan fingerprint density at radius 1 is 1.05 bits per heavy atom. The van der Waals surface area contributed by atoms with Gasteiger partial charge in [-0.1, -0.05) is 41.4 Å². The summed E-state index contributed by atoms with van der Waals surface area (Å²) in [6.07, 6.45) is 1.35. The first-order valence-corrected chi connectivity index (χ1v) is 13.0. The maximum Gasteiger partial charge on any atom is 0.343 e. The number of sulfonamides is 1. The molecule has 3 rings (SSSR count). The number of hydrogen-bond donors (Lipinski definition) is 1. The van der Waals surface area contributed by atoms with Crippen molar-refractivity contribution in [1.29, 1.82) is 0 Å². The minimum atomic E-state index is -4.19. The van der Waals surface area contributed by atoms with Crippen molar-refractivity contribution in [3.8, 4) is 11.5 Å². The van der Waals surface area contributed by atoms with Crippen LogP contribution in [0.2, 0.25) is 5.02 Å². The molecule has 0 spiro atoms. The van der Waals surface area contributed by atoms with E-state index in [1.807, 2.05) is 6.92 Å². The van der Waals surface area contributed by atoms with Gasteiger partial charge in [-0.2, -0.15) is 5.10 Å². The summed E-state index contributed by atoms with van der Waals surface area (Å²) >= 11 is 6.15. The standard InChI is InChI=1S/C26H26ClN3O7S/c1-18-7-10-22(11-8-18)38(33,34)30(23-14-20(27)9-12-24(23)35-2)16-25(31)29-28-15-19-5-4-6-21(13-19)37-17-26(32)36-3/h4-15H,16-17H2,1-3H3,(H,29,31). The molecule has 1 amide bonds. The maximum absolute atomic E-state index is 13.6. The fraction of sp³-hybridized carbons (Fsp3) is 0.192. The van der Waals surface area contributed by atoms with E-state index in [2.05, 4.69) is 15.3 Å². The third-order valence-electron chi connectivity index (χ3n) is 5.15. The van der Waals surface area contributed by atoms with Crippen LogP contribution in [-0.2, 0) is 24.3 Å². The number of nitrogens with zero attached hydrogens (tertiary/aromatic N) is 2. The van der Waals surface area contributed by atoms with Crippen molar-refractivity contribution in [1.82, 2.24) is 5.43 Å². The molecule has 0 atom stereocenters. The largest absolute Gasteiger partial charge is 0.495 e. The summed E-state index contributed by atoms with van der Waals surface area (Å²) in [6.45, 7) is 0.971. The molecule has 12 heteroatoms. The lowest BCUT2D eigenvalue weighted by Gasteiger charge is -2.25. The van der Waals surface area contributed by atoms with Crippen molar-refractivity contribution in [2.75, 3.05) is 31.7 Å². The molecule has 0 radical (unpaired) electrons. The molecular formula is C26H26ClN3O7S. The Bertz CT molecular complexity index is 1430. The van der Waals surface area contributed by atoms with E-state index < -0.39 is 28.4 Å². The van der Waals surface area contributed by atoms with E-state index in [1.54, 1.807) is 42.5 Å². The van der Waals surface area contributed by atoms with Gasteiger partial charge in [0.15, 0.2) is 6.61 Å². The number of hydrazone groups is 1. The molecule has 0 aromatic heterocycles. The number of carbonyl (C=O) groups excluding carboxylic acids is 2. The number of amides is 1. The number of ether oxygens (including phenoxy) is 3. The summed E-state index contributed by atoms with van der Waals surface area (Å²) in [5.74, 6) is -0.630. The van der Waals surface area contributed by atoms with E-state index >= 15 is 0 Å².